The first kappa shape index (κ1) is 13.0. The third-order valence-corrected chi connectivity index (χ3v) is 2.13. The van der Waals surface area contributed by atoms with Gasteiger partial charge >= 0.3 is 11.8 Å². The number of hydrogen-bond acceptors (Lipinski definition) is 4. The molecule has 2 amide bonds. The normalized spacial score (nSPS) is 9.76. The number of aliphatic hydroxyl groups is 1. The maximum absolute atomic E-state index is 11.6. The van der Waals surface area contributed by atoms with Crippen molar-refractivity contribution in [2.45, 2.75) is 0 Å². The topological polar surface area (TPSA) is 89.9 Å². The number of rotatable bonds is 3. The van der Waals surface area contributed by atoms with Crippen molar-refractivity contribution in [1.82, 2.24) is 5.32 Å². The minimum Gasteiger partial charge on any atom is -0.508 e. The summed E-state index contributed by atoms with van der Waals surface area (Å²) in [6.07, 6.45) is 0. The van der Waals surface area contributed by atoms with Gasteiger partial charge in [-0.05, 0) is 24.3 Å². The molecule has 6 nitrogen and oxygen atoms in total. The number of carbonyl (C=O) groups excluding carboxylic acids is 2. The molecule has 0 saturated heterocycles. The highest BCUT2D eigenvalue weighted by Gasteiger charge is 2.19. The van der Waals surface area contributed by atoms with Gasteiger partial charge in [-0.25, -0.2) is 0 Å². The molecular formula is C11H14N2O4. The third kappa shape index (κ3) is 3.46. The SMILES string of the molecule is CN(C(=O)C(=O)NCCO)c1ccc(O)cc1. The standard InChI is InChI=1S/C11H14N2O4/c1-13(8-2-4-9(15)5-3-8)11(17)10(16)12-6-7-14/h2-5,14-15H,6-7H2,1H3,(H,12,16). The van der Waals surface area contributed by atoms with Crippen LogP contribution in [0.3, 0.4) is 0 Å². The number of phenolic OH excluding ortho intramolecular Hbond substituents is 1. The van der Waals surface area contributed by atoms with E-state index in [1.54, 1.807) is 0 Å². The molecule has 1 rings (SSSR count). The molecule has 0 aliphatic carbocycles. The molecule has 0 aliphatic heterocycles. The van der Waals surface area contributed by atoms with E-state index in [2.05, 4.69) is 5.32 Å². The number of carbonyl (C=O) groups is 2. The van der Waals surface area contributed by atoms with Gasteiger partial charge in [-0.2, -0.15) is 0 Å². The minimum atomic E-state index is -0.783. The van der Waals surface area contributed by atoms with Gasteiger partial charge in [0.2, 0.25) is 0 Å². The Kier molecular flexibility index (Phi) is 4.47. The van der Waals surface area contributed by atoms with E-state index in [1.165, 1.54) is 31.3 Å². The highest BCUT2D eigenvalue weighted by Crippen LogP contribution is 2.17. The minimum absolute atomic E-state index is 0.0357. The van der Waals surface area contributed by atoms with Crippen LogP contribution in [0.4, 0.5) is 5.69 Å². The van der Waals surface area contributed by atoms with Crippen molar-refractivity contribution < 1.29 is 19.8 Å². The zero-order valence-corrected chi connectivity index (χ0v) is 9.38. The van der Waals surface area contributed by atoms with Crippen LogP contribution in [0.2, 0.25) is 0 Å². The number of nitrogens with one attached hydrogen (secondary N) is 1. The van der Waals surface area contributed by atoms with E-state index in [-0.39, 0.29) is 18.9 Å². The molecule has 17 heavy (non-hydrogen) atoms. The van der Waals surface area contributed by atoms with Crippen LogP contribution in [0.1, 0.15) is 0 Å². The monoisotopic (exact) mass is 238 g/mol. The van der Waals surface area contributed by atoms with Crippen molar-refractivity contribution in [1.29, 1.82) is 0 Å². The second-order valence-electron chi connectivity index (χ2n) is 3.36. The summed E-state index contributed by atoms with van der Waals surface area (Å²) in [5.41, 5.74) is 0.493. The van der Waals surface area contributed by atoms with E-state index in [4.69, 9.17) is 10.2 Å². The number of amides is 2. The van der Waals surface area contributed by atoms with E-state index in [9.17, 15) is 9.59 Å². The van der Waals surface area contributed by atoms with E-state index in [0.717, 1.165) is 4.90 Å². The lowest BCUT2D eigenvalue weighted by Crippen LogP contribution is -2.42. The molecule has 6 heteroatoms. The molecule has 3 N–H and O–H groups in total. The van der Waals surface area contributed by atoms with Crippen LogP contribution in [0.5, 0.6) is 5.75 Å². The first-order valence-corrected chi connectivity index (χ1v) is 5.02. The summed E-state index contributed by atoms with van der Waals surface area (Å²) < 4.78 is 0. The summed E-state index contributed by atoms with van der Waals surface area (Å²) in [5.74, 6) is -1.43. The number of likely N-dealkylation sites (N-methyl/N-ethyl adjacent to an activating group) is 1. The molecule has 0 saturated carbocycles. The molecule has 0 spiro atoms. The van der Waals surface area contributed by atoms with Gasteiger partial charge in [-0.15, -0.1) is 0 Å². The Morgan fingerprint density at radius 2 is 1.88 bits per heavy atom. The molecule has 1 aromatic rings. The lowest BCUT2D eigenvalue weighted by molar-refractivity contribution is -0.137. The molecule has 92 valence electrons. The van der Waals surface area contributed by atoms with Crippen molar-refractivity contribution in [2.75, 3.05) is 25.1 Å². The quantitative estimate of drug-likeness (QED) is 0.617. The number of aliphatic hydroxyl groups excluding tert-OH is 1. The van der Waals surface area contributed by atoms with Crippen LogP contribution in [-0.2, 0) is 9.59 Å². The van der Waals surface area contributed by atoms with E-state index in [1.807, 2.05) is 0 Å². The van der Waals surface area contributed by atoms with Gasteiger partial charge in [-0.1, -0.05) is 0 Å². The molecule has 0 aliphatic rings. The van der Waals surface area contributed by atoms with Crippen LogP contribution in [0.25, 0.3) is 0 Å². The average Bonchev–Trinajstić information content (AvgIpc) is 2.35. The van der Waals surface area contributed by atoms with Gasteiger partial charge in [0.15, 0.2) is 0 Å². The number of hydrogen-bond donors (Lipinski definition) is 3. The maximum atomic E-state index is 11.6. The maximum Gasteiger partial charge on any atom is 0.316 e. The number of benzene rings is 1. The predicted octanol–water partition coefficient (Wildman–Crippen LogP) is -0.536. The Bertz CT molecular complexity index is 402. The number of nitrogens with zero attached hydrogens (tertiary/aromatic N) is 1. The summed E-state index contributed by atoms with van der Waals surface area (Å²) >= 11 is 0. The summed E-state index contributed by atoms with van der Waals surface area (Å²) in [4.78, 5) is 24.1. The fourth-order valence-corrected chi connectivity index (χ4v) is 1.19. The van der Waals surface area contributed by atoms with Gasteiger partial charge in [0.1, 0.15) is 5.75 Å². The Balaban J connectivity index is 2.69. The van der Waals surface area contributed by atoms with E-state index in [0.29, 0.717) is 5.69 Å². The predicted molar refractivity (Wildman–Crippen MR) is 61.6 cm³/mol. The van der Waals surface area contributed by atoms with Crippen molar-refractivity contribution in [3.8, 4) is 5.75 Å². The lowest BCUT2D eigenvalue weighted by Gasteiger charge is -2.16. The average molecular weight is 238 g/mol. The summed E-state index contributed by atoms with van der Waals surface area (Å²) in [5, 5.41) is 19.9. The van der Waals surface area contributed by atoms with Gasteiger partial charge in [0.25, 0.3) is 0 Å². The molecule has 0 aromatic heterocycles. The first-order chi connectivity index (χ1) is 8.06. The second-order valence-corrected chi connectivity index (χ2v) is 3.36. The number of phenols is 1. The fraction of sp³-hybridized carbons (Fsp3) is 0.273. The van der Waals surface area contributed by atoms with Crippen LogP contribution in [0.15, 0.2) is 24.3 Å². The van der Waals surface area contributed by atoms with Crippen LogP contribution in [0, 0.1) is 0 Å². The Labute approximate surface area is 98.5 Å². The van der Waals surface area contributed by atoms with Crippen molar-refractivity contribution in [2.24, 2.45) is 0 Å². The highest BCUT2D eigenvalue weighted by molar-refractivity contribution is 6.40. The molecule has 0 fully saturated rings. The molecule has 0 bridgehead atoms. The summed E-state index contributed by atoms with van der Waals surface area (Å²) in [6.45, 7) is -0.185. The first-order valence-electron chi connectivity index (χ1n) is 5.02. The highest BCUT2D eigenvalue weighted by atomic mass is 16.3. The Morgan fingerprint density at radius 1 is 1.29 bits per heavy atom. The zero-order valence-electron chi connectivity index (χ0n) is 9.38. The number of aromatic hydroxyl groups is 1. The van der Waals surface area contributed by atoms with Crippen molar-refractivity contribution in [3.63, 3.8) is 0 Å². The van der Waals surface area contributed by atoms with Gasteiger partial charge in [0.05, 0.1) is 6.61 Å². The third-order valence-electron chi connectivity index (χ3n) is 2.13. The molecule has 1 aromatic carbocycles. The van der Waals surface area contributed by atoms with Gasteiger partial charge in [-0.3, -0.25) is 9.59 Å². The smallest absolute Gasteiger partial charge is 0.316 e. The van der Waals surface area contributed by atoms with Crippen LogP contribution < -0.4 is 10.2 Å². The Hall–Kier alpha value is -2.08. The zero-order chi connectivity index (χ0) is 12.8. The van der Waals surface area contributed by atoms with Gasteiger partial charge < -0.3 is 20.4 Å². The van der Waals surface area contributed by atoms with Gasteiger partial charge in [0, 0.05) is 19.3 Å². The largest absolute Gasteiger partial charge is 0.508 e. The molecule has 0 atom stereocenters. The van der Waals surface area contributed by atoms with Crippen LogP contribution in [-0.4, -0.2) is 42.2 Å². The van der Waals surface area contributed by atoms with Crippen molar-refractivity contribution in [3.05, 3.63) is 24.3 Å². The molecule has 0 heterocycles. The second kappa shape index (κ2) is 5.86. The Morgan fingerprint density at radius 3 is 2.41 bits per heavy atom. The van der Waals surface area contributed by atoms with Crippen LogP contribution >= 0.6 is 0 Å². The van der Waals surface area contributed by atoms with E-state index < -0.39 is 11.8 Å². The molecule has 0 radical (unpaired) electrons. The van der Waals surface area contributed by atoms with E-state index >= 15 is 0 Å². The number of anilines is 1. The molecular weight excluding hydrogens is 224 g/mol. The summed E-state index contributed by atoms with van der Waals surface area (Å²) in [7, 11) is 1.45. The fourth-order valence-electron chi connectivity index (χ4n) is 1.19. The molecule has 0 unspecified atom stereocenters. The van der Waals surface area contributed by atoms with Crippen molar-refractivity contribution >= 4 is 17.5 Å². The summed E-state index contributed by atoms with van der Waals surface area (Å²) in [6, 6.07) is 5.88. The lowest BCUT2D eigenvalue weighted by atomic mass is 10.3.